The van der Waals surface area contributed by atoms with E-state index in [0.717, 1.165) is 39.3 Å². The molecule has 0 aliphatic carbocycles. The summed E-state index contributed by atoms with van der Waals surface area (Å²) in [5, 5.41) is 8.92. The fraction of sp³-hybridized carbons (Fsp3) is 0.417. The Hall–Kier alpha value is -2.68. The molecule has 5 heteroatoms. The first-order chi connectivity index (χ1) is 14.1. The molecule has 29 heavy (non-hydrogen) atoms. The number of likely N-dealkylation sites (N-methyl/N-ethyl adjacent to an activating group) is 1. The lowest BCUT2D eigenvalue weighted by atomic mass is 10.1. The van der Waals surface area contributed by atoms with E-state index in [0.29, 0.717) is 12.1 Å². The summed E-state index contributed by atoms with van der Waals surface area (Å²) < 4.78 is 0. The minimum atomic E-state index is -0.101. The number of hydrogen-bond donors (Lipinski definition) is 0. The molecule has 1 heterocycles. The Morgan fingerprint density at radius 3 is 2.28 bits per heavy atom. The van der Waals surface area contributed by atoms with Gasteiger partial charge in [0.25, 0.3) is 0 Å². The summed E-state index contributed by atoms with van der Waals surface area (Å²) in [6, 6.07) is 20.0. The molecule has 1 fully saturated rings. The predicted molar refractivity (Wildman–Crippen MR) is 115 cm³/mol. The van der Waals surface area contributed by atoms with E-state index in [9.17, 15) is 4.79 Å². The second kappa shape index (κ2) is 10.2. The molecule has 5 nitrogen and oxygen atoms in total. The van der Waals surface area contributed by atoms with Crippen LogP contribution >= 0.6 is 0 Å². The van der Waals surface area contributed by atoms with Crippen LogP contribution in [-0.4, -0.2) is 59.4 Å². The molecule has 152 valence electrons. The highest BCUT2D eigenvalue weighted by Crippen LogP contribution is 2.14. The van der Waals surface area contributed by atoms with Crippen molar-refractivity contribution in [3.63, 3.8) is 0 Å². The highest BCUT2D eigenvalue weighted by molar-refractivity contribution is 5.81. The van der Waals surface area contributed by atoms with Gasteiger partial charge in [0.2, 0.25) is 5.91 Å². The van der Waals surface area contributed by atoms with Gasteiger partial charge in [-0.2, -0.15) is 5.26 Å². The van der Waals surface area contributed by atoms with Crippen molar-refractivity contribution in [1.29, 1.82) is 5.26 Å². The lowest BCUT2D eigenvalue weighted by Crippen LogP contribution is -2.54. The number of piperazine rings is 1. The maximum Gasteiger partial charge on any atom is 0.239 e. The largest absolute Gasteiger partial charge is 0.337 e. The second-order valence-electron chi connectivity index (χ2n) is 7.63. The summed E-state index contributed by atoms with van der Waals surface area (Å²) in [5.41, 5.74) is 3.09. The van der Waals surface area contributed by atoms with Crippen molar-refractivity contribution < 1.29 is 4.79 Å². The molecule has 0 aromatic heterocycles. The molecule has 1 amide bonds. The van der Waals surface area contributed by atoms with Crippen LogP contribution in [0.2, 0.25) is 0 Å². The molecule has 3 rings (SSSR count). The van der Waals surface area contributed by atoms with Crippen molar-refractivity contribution in [1.82, 2.24) is 14.7 Å². The Bertz CT molecular complexity index is 820. The third-order valence-corrected chi connectivity index (χ3v) is 5.71. The van der Waals surface area contributed by atoms with Crippen LogP contribution in [0.4, 0.5) is 0 Å². The number of benzene rings is 2. The number of hydrogen-bond acceptors (Lipinski definition) is 4. The lowest BCUT2D eigenvalue weighted by Gasteiger charge is -2.39. The molecule has 2 aromatic rings. The van der Waals surface area contributed by atoms with E-state index in [1.165, 1.54) is 11.1 Å². The molecule has 0 bridgehead atoms. The lowest BCUT2D eigenvalue weighted by molar-refractivity contribution is -0.137. The van der Waals surface area contributed by atoms with E-state index in [1.54, 1.807) is 0 Å². The molecule has 0 radical (unpaired) electrons. The minimum absolute atomic E-state index is 0.101. The third kappa shape index (κ3) is 5.66. The van der Waals surface area contributed by atoms with Crippen LogP contribution < -0.4 is 0 Å². The summed E-state index contributed by atoms with van der Waals surface area (Å²) in [4.78, 5) is 19.7. The minimum Gasteiger partial charge on any atom is -0.337 e. The van der Waals surface area contributed by atoms with Crippen LogP contribution in [-0.2, 0) is 17.9 Å². The maximum absolute atomic E-state index is 13.1. The molecule has 0 saturated carbocycles. The fourth-order valence-electron chi connectivity index (χ4n) is 3.82. The van der Waals surface area contributed by atoms with Gasteiger partial charge in [-0.05, 0) is 37.1 Å². The van der Waals surface area contributed by atoms with Crippen molar-refractivity contribution in [3.8, 4) is 6.07 Å². The number of nitrogens with zero attached hydrogens (tertiary/aromatic N) is 4. The van der Waals surface area contributed by atoms with Crippen LogP contribution in [0.5, 0.6) is 0 Å². The zero-order valence-electron chi connectivity index (χ0n) is 17.4. The zero-order chi connectivity index (χ0) is 20.6. The van der Waals surface area contributed by atoms with Crippen molar-refractivity contribution in [3.05, 3.63) is 71.3 Å². The van der Waals surface area contributed by atoms with E-state index in [-0.39, 0.29) is 11.9 Å². The van der Waals surface area contributed by atoms with Gasteiger partial charge in [-0.15, -0.1) is 0 Å². The highest BCUT2D eigenvalue weighted by Gasteiger charge is 2.28. The van der Waals surface area contributed by atoms with Crippen molar-refractivity contribution >= 4 is 5.91 Å². The average molecular weight is 391 g/mol. The van der Waals surface area contributed by atoms with Crippen molar-refractivity contribution in [2.45, 2.75) is 33.0 Å². The molecule has 2 aromatic carbocycles. The number of carbonyl (C=O) groups excluding carboxylic acids is 1. The quantitative estimate of drug-likeness (QED) is 0.729. The van der Waals surface area contributed by atoms with E-state index in [4.69, 9.17) is 5.26 Å². The molecular formula is C24H30N4O. The van der Waals surface area contributed by atoms with Crippen LogP contribution in [0, 0.1) is 11.3 Å². The first kappa shape index (κ1) is 21.0. The number of carbonyl (C=O) groups is 1. The standard InChI is InChI=1S/C24H30N4O/c1-3-27(19-22-7-5-4-6-8-22)24(29)20(2)28-15-13-26(14-16-28)18-23-11-9-21(17-25)10-12-23/h4-12,20H,3,13-16,18-19H2,1-2H3/t20-/m1/s1. The van der Waals surface area contributed by atoms with E-state index in [2.05, 4.69) is 28.0 Å². The maximum atomic E-state index is 13.1. The molecule has 0 spiro atoms. The van der Waals surface area contributed by atoms with Crippen molar-refractivity contribution in [2.75, 3.05) is 32.7 Å². The molecule has 1 aliphatic rings. The van der Waals surface area contributed by atoms with Gasteiger partial charge in [0, 0.05) is 45.8 Å². The Kier molecular flexibility index (Phi) is 7.40. The van der Waals surface area contributed by atoms with Crippen LogP contribution in [0.3, 0.4) is 0 Å². The Morgan fingerprint density at radius 2 is 1.69 bits per heavy atom. The average Bonchev–Trinajstić information content (AvgIpc) is 2.78. The topological polar surface area (TPSA) is 50.6 Å². The van der Waals surface area contributed by atoms with Crippen molar-refractivity contribution in [2.24, 2.45) is 0 Å². The normalized spacial score (nSPS) is 16.2. The van der Waals surface area contributed by atoms with Gasteiger partial charge in [-0.3, -0.25) is 14.6 Å². The van der Waals surface area contributed by atoms with Gasteiger partial charge in [-0.1, -0.05) is 42.5 Å². The van der Waals surface area contributed by atoms with E-state index < -0.39 is 0 Å². The van der Waals surface area contributed by atoms with Gasteiger partial charge in [0.05, 0.1) is 17.7 Å². The van der Waals surface area contributed by atoms with Crippen LogP contribution in [0.25, 0.3) is 0 Å². The zero-order valence-corrected chi connectivity index (χ0v) is 17.4. The third-order valence-electron chi connectivity index (χ3n) is 5.71. The van der Waals surface area contributed by atoms with Crippen LogP contribution in [0.1, 0.15) is 30.5 Å². The fourth-order valence-corrected chi connectivity index (χ4v) is 3.82. The van der Waals surface area contributed by atoms with Gasteiger partial charge in [0.15, 0.2) is 0 Å². The van der Waals surface area contributed by atoms with Gasteiger partial charge in [-0.25, -0.2) is 0 Å². The molecular weight excluding hydrogens is 360 g/mol. The number of rotatable bonds is 7. The molecule has 0 N–H and O–H groups in total. The van der Waals surface area contributed by atoms with E-state index >= 15 is 0 Å². The molecule has 0 unspecified atom stereocenters. The van der Waals surface area contributed by atoms with Crippen LogP contribution in [0.15, 0.2) is 54.6 Å². The smallest absolute Gasteiger partial charge is 0.239 e. The first-order valence-corrected chi connectivity index (χ1v) is 10.4. The molecule has 1 atom stereocenters. The van der Waals surface area contributed by atoms with Gasteiger partial charge in [0.1, 0.15) is 0 Å². The summed E-state index contributed by atoms with van der Waals surface area (Å²) in [5.74, 6) is 0.205. The summed E-state index contributed by atoms with van der Waals surface area (Å²) in [6.45, 7) is 10.0. The Morgan fingerprint density at radius 1 is 1.03 bits per heavy atom. The Labute approximate surface area is 174 Å². The monoisotopic (exact) mass is 390 g/mol. The first-order valence-electron chi connectivity index (χ1n) is 10.4. The number of nitriles is 1. The van der Waals surface area contributed by atoms with Gasteiger partial charge >= 0.3 is 0 Å². The second-order valence-corrected chi connectivity index (χ2v) is 7.63. The molecule has 1 aliphatic heterocycles. The predicted octanol–water partition coefficient (Wildman–Crippen LogP) is 3.11. The number of amides is 1. The summed E-state index contributed by atoms with van der Waals surface area (Å²) >= 11 is 0. The van der Waals surface area contributed by atoms with Gasteiger partial charge < -0.3 is 4.90 Å². The van der Waals surface area contributed by atoms with E-state index in [1.807, 2.05) is 61.2 Å². The SMILES string of the molecule is CCN(Cc1ccccc1)C(=O)[C@@H](C)N1CCN(Cc2ccc(C#N)cc2)CC1. The summed E-state index contributed by atoms with van der Waals surface area (Å²) in [6.07, 6.45) is 0. The highest BCUT2D eigenvalue weighted by atomic mass is 16.2. The summed E-state index contributed by atoms with van der Waals surface area (Å²) in [7, 11) is 0. The molecule has 1 saturated heterocycles. The Balaban J connectivity index is 1.51.